The van der Waals surface area contributed by atoms with Crippen LogP contribution >= 0.6 is 0 Å². The van der Waals surface area contributed by atoms with Crippen LogP contribution in [0.2, 0.25) is 0 Å². The number of hydrogen-bond donors (Lipinski definition) is 1. The molecule has 0 aliphatic heterocycles. The molecule has 0 atom stereocenters. The van der Waals surface area contributed by atoms with E-state index in [1.807, 2.05) is 54.6 Å². The quantitative estimate of drug-likeness (QED) is 0.320. The molecule has 106 valence electrons. The fraction of sp³-hybridized carbons (Fsp3) is 0.0833. The predicted octanol–water partition coefficient (Wildman–Crippen LogP) is 4.65. The van der Waals surface area contributed by atoms with Crippen molar-refractivity contribution >= 4 is 7.25 Å². The zero-order valence-electron chi connectivity index (χ0n) is 10.1. The van der Waals surface area contributed by atoms with Crippen molar-refractivity contribution in [3.8, 4) is 0 Å². The molecular weight excluding hydrogens is 303 g/mol. The van der Waals surface area contributed by atoms with Crippen molar-refractivity contribution in [3.63, 3.8) is 0 Å². The molecular formula is C12H13BF4FeO. The molecule has 19 heavy (non-hydrogen) atoms. The normalized spacial score (nSPS) is 11.7. The summed E-state index contributed by atoms with van der Waals surface area (Å²) in [6, 6.07) is 10.0. The molecule has 1 aromatic rings. The first kappa shape index (κ1) is 20.0. The molecule has 1 N–H and O–H groups in total. The Labute approximate surface area is 120 Å². The van der Waals surface area contributed by atoms with Crippen molar-refractivity contribution in [1.82, 2.24) is 0 Å². The van der Waals surface area contributed by atoms with Crippen LogP contribution in [0.1, 0.15) is 6.92 Å². The van der Waals surface area contributed by atoms with E-state index in [0.717, 1.165) is 5.57 Å². The number of rotatable bonds is 0. The van der Waals surface area contributed by atoms with Crippen LogP contribution in [0.15, 0.2) is 66.0 Å². The van der Waals surface area contributed by atoms with Gasteiger partial charge in [0.05, 0.1) is 5.76 Å². The van der Waals surface area contributed by atoms with E-state index in [1.165, 1.54) is 0 Å². The van der Waals surface area contributed by atoms with Crippen LogP contribution in [0.25, 0.3) is 0 Å². The molecule has 0 heterocycles. The van der Waals surface area contributed by atoms with Gasteiger partial charge in [0.1, 0.15) is 0 Å². The molecule has 0 amide bonds. The Hall–Kier alpha value is -1.33. The van der Waals surface area contributed by atoms with Crippen molar-refractivity contribution in [2.75, 3.05) is 0 Å². The van der Waals surface area contributed by atoms with Gasteiger partial charge in [0.25, 0.3) is 0 Å². The monoisotopic (exact) mass is 316 g/mol. The van der Waals surface area contributed by atoms with Crippen molar-refractivity contribution in [1.29, 1.82) is 0 Å². The summed E-state index contributed by atoms with van der Waals surface area (Å²) in [6.07, 6.45) is 7.54. The Balaban J connectivity index is 0. The van der Waals surface area contributed by atoms with E-state index < -0.39 is 7.25 Å². The summed E-state index contributed by atoms with van der Waals surface area (Å²) in [5.41, 5.74) is 0.907. The maximum Gasteiger partial charge on any atom is 2.00 e. The maximum atomic E-state index is 9.75. The molecule has 1 aliphatic rings. The molecule has 0 unspecified atom stereocenters. The topological polar surface area (TPSA) is 20.2 Å². The summed E-state index contributed by atoms with van der Waals surface area (Å²) < 4.78 is 39.0. The Bertz CT molecular complexity index is 367. The van der Waals surface area contributed by atoms with Gasteiger partial charge in [-0.1, -0.05) is 24.3 Å². The Morgan fingerprint density at radius 1 is 1.05 bits per heavy atom. The first-order valence-corrected chi connectivity index (χ1v) is 5.09. The van der Waals surface area contributed by atoms with E-state index in [1.54, 1.807) is 6.92 Å². The van der Waals surface area contributed by atoms with Gasteiger partial charge in [-0.3, -0.25) is 0 Å². The minimum absolute atomic E-state index is 0. The van der Waals surface area contributed by atoms with Crippen LogP contribution in [0, 0.1) is 0 Å². The van der Waals surface area contributed by atoms with E-state index in [9.17, 15) is 17.3 Å². The van der Waals surface area contributed by atoms with Gasteiger partial charge in [0.2, 0.25) is 0 Å². The second-order valence-corrected chi connectivity index (χ2v) is 3.22. The number of allylic oxidation sites excluding steroid dienone is 6. The smallest absolute Gasteiger partial charge is 0.512 e. The standard InChI is InChI=1S/C7H8O.C5H5.BF4.Fe/c1-6(8)7-4-2-3-5-7;1-2-4-5-3-1;2-1(3,4)5;/h2-5,8H,1H3;1-5H;;/q;2*-1;+2. The van der Waals surface area contributed by atoms with Crippen molar-refractivity contribution < 1.29 is 39.4 Å². The first-order valence-electron chi connectivity index (χ1n) is 5.09. The zero-order chi connectivity index (χ0) is 14.0. The third-order valence-electron chi connectivity index (χ3n) is 1.64. The van der Waals surface area contributed by atoms with E-state index in [2.05, 4.69) is 0 Å². The second kappa shape index (κ2) is 10.6. The minimum atomic E-state index is -6.00. The van der Waals surface area contributed by atoms with Crippen LogP contribution in [0.4, 0.5) is 17.3 Å². The third-order valence-corrected chi connectivity index (χ3v) is 1.64. The maximum absolute atomic E-state index is 9.75. The average molecular weight is 316 g/mol. The van der Waals surface area contributed by atoms with Gasteiger partial charge in [0.15, 0.2) is 0 Å². The fourth-order valence-corrected chi connectivity index (χ4v) is 0.936. The predicted molar refractivity (Wildman–Crippen MR) is 65.8 cm³/mol. The molecule has 7 heteroatoms. The fourth-order valence-electron chi connectivity index (χ4n) is 0.936. The van der Waals surface area contributed by atoms with Crippen LogP contribution in [-0.2, 0) is 17.1 Å². The Morgan fingerprint density at radius 2 is 1.42 bits per heavy atom. The largest absolute Gasteiger partial charge is 2.00 e. The van der Waals surface area contributed by atoms with E-state index >= 15 is 0 Å². The van der Waals surface area contributed by atoms with Gasteiger partial charge >= 0.3 is 24.3 Å². The van der Waals surface area contributed by atoms with Gasteiger partial charge in [-0.05, 0) is 6.92 Å². The number of hydrogen-bond acceptors (Lipinski definition) is 1. The van der Waals surface area contributed by atoms with Crippen molar-refractivity contribution in [3.05, 3.63) is 66.0 Å². The van der Waals surface area contributed by atoms with Gasteiger partial charge < -0.3 is 22.4 Å². The van der Waals surface area contributed by atoms with Gasteiger partial charge in [0, 0.05) is 5.57 Å². The molecule has 0 saturated carbocycles. The SMILES string of the molecule is CC(O)=C1C=CC=C1.F[B-](F)(F)F.[Fe+2].c1cc[cH-]c1. The Morgan fingerprint density at radius 3 is 1.58 bits per heavy atom. The van der Waals surface area contributed by atoms with Crippen LogP contribution in [0.3, 0.4) is 0 Å². The molecule has 0 radical (unpaired) electrons. The molecule has 0 aromatic heterocycles. The van der Waals surface area contributed by atoms with Crippen LogP contribution < -0.4 is 0 Å². The van der Waals surface area contributed by atoms with Crippen molar-refractivity contribution in [2.45, 2.75) is 6.92 Å². The summed E-state index contributed by atoms with van der Waals surface area (Å²) in [4.78, 5) is 0. The molecule has 0 saturated heterocycles. The molecule has 2 rings (SSSR count). The molecule has 1 aromatic carbocycles. The van der Waals surface area contributed by atoms with E-state index in [0.29, 0.717) is 5.76 Å². The molecule has 0 fully saturated rings. The van der Waals surface area contributed by atoms with Gasteiger partial charge in [-0.2, -0.15) is 18.2 Å². The zero-order valence-corrected chi connectivity index (χ0v) is 11.2. The first-order chi connectivity index (χ1) is 8.30. The van der Waals surface area contributed by atoms with Crippen LogP contribution in [-0.4, -0.2) is 12.4 Å². The number of aliphatic hydroxyl groups excluding tert-OH is 1. The third kappa shape index (κ3) is 16.7. The van der Waals surface area contributed by atoms with E-state index in [4.69, 9.17) is 5.11 Å². The summed E-state index contributed by atoms with van der Waals surface area (Å²) in [7, 11) is -6.00. The molecule has 0 bridgehead atoms. The molecule has 1 aliphatic carbocycles. The summed E-state index contributed by atoms with van der Waals surface area (Å²) >= 11 is 0. The minimum Gasteiger partial charge on any atom is -0.512 e. The number of aliphatic hydroxyl groups is 1. The number of halogens is 4. The van der Waals surface area contributed by atoms with Crippen LogP contribution in [0.5, 0.6) is 0 Å². The molecule has 1 nitrogen and oxygen atoms in total. The average Bonchev–Trinajstić information content (AvgIpc) is 2.93. The Kier molecular flexibility index (Phi) is 11.1. The second-order valence-electron chi connectivity index (χ2n) is 3.22. The summed E-state index contributed by atoms with van der Waals surface area (Å²) in [5, 5.41) is 8.83. The van der Waals surface area contributed by atoms with Gasteiger partial charge in [-0.25, -0.2) is 12.1 Å². The summed E-state index contributed by atoms with van der Waals surface area (Å²) in [5.74, 6) is 0.384. The van der Waals surface area contributed by atoms with Gasteiger partial charge in [-0.15, -0.1) is 0 Å². The summed E-state index contributed by atoms with van der Waals surface area (Å²) in [6.45, 7) is 1.68. The molecule has 0 spiro atoms. The van der Waals surface area contributed by atoms with Crippen molar-refractivity contribution in [2.24, 2.45) is 0 Å². The van der Waals surface area contributed by atoms with E-state index in [-0.39, 0.29) is 17.1 Å².